The second-order valence-corrected chi connectivity index (χ2v) is 7.31. The van der Waals surface area contributed by atoms with Gasteiger partial charge in [-0.15, -0.1) is 0 Å². The number of aromatic carboxylic acids is 1. The summed E-state index contributed by atoms with van der Waals surface area (Å²) in [4.78, 5) is 23.3. The van der Waals surface area contributed by atoms with Crippen LogP contribution in [0.4, 0.5) is 10.5 Å². The Kier molecular flexibility index (Phi) is 6.44. The Labute approximate surface area is 182 Å². The van der Waals surface area contributed by atoms with Gasteiger partial charge in [0.15, 0.2) is 0 Å². The standard InChI is InChI=1S/C21H18Cl2N4O3/c1-12-9-14(11-24-26-21(30)25-16-5-3-15(22)4-6-16)13(2)27(12)17-7-8-19(23)18(10-17)20(28)29/h3-11H,1-2H3,(H,28,29)(H2,25,26,30)/b24-11+. The molecule has 7 nitrogen and oxygen atoms in total. The average Bonchev–Trinajstić information content (AvgIpc) is 2.97. The van der Waals surface area contributed by atoms with Crippen LogP contribution >= 0.6 is 23.2 Å². The van der Waals surface area contributed by atoms with Crippen LogP contribution in [0, 0.1) is 13.8 Å². The van der Waals surface area contributed by atoms with Gasteiger partial charge < -0.3 is 15.0 Å². The highest BCUT2D eigenvalue weighted by molar-refractivity contribution is 6.33. The number of carboxylic acids is 1. The molecule has 3 rings (SSSR count). The van der Waals surface area contributed by atoms with Crippen LogP contribution in [0.1, 0.15) is 27.3 Å². The highest BCUT2D eigenvalue weighted by Crippen LogP contribution is 2.24. The van der Waals surface area contributed by atoms with Crippen molar-refractivity contribution in [1.29, 1.82) is 0 Å². The molecule has 154 valence electrons. The molecule has 0 fully saturated rings. The Hall–Kier alpha value is -3.29. The topological polar surface area (TPSA) is 95.7 Å². The second kappa shape index (κ2) is 9.02. The maximum absolute atomic E-state index is 12.0. The number of hydrogen-bond acceptors (Lipinski definition) is 3. The number of aromatic nitrogens is 1. The van der Waals surface area contributed by atoms with Gasteiger partial charge in [-0.3, -0.25) is 0 Å². The van der Waals surface area contributed by atoms with E-state index in [4.69, 9.17) is 23.2 Å². The van der Waals surface area contributed by atoms with Crippen LogP contribution in [-0.2, 0) is 0 Å². The third-order valence-electron chi connectivity index (χ3n) is 4.38. The molecule has 2 amide bonds. The van der Waals surface area contributed by atoms with Gasteiger partial charge in [0.1, 0.15) is 0 Å². The Morgan fingerprint density at radius 2 is 1.77 bits per heavy atom. The molecule has 0 aliphatic carbocycles. The summed E-state index contributed by atoms with van der Waals surface area (Å²) in [7, 11) is 0. The van der Waals surface area contributed by atoms with E-state index in [1.54, 1.807) is 36.4 Å². The molecule has 0 aliphatic rings. The third kappa shape index (κ3) is 4.82. The zero-order chi connectivity index (χ0) is 21.8. The number of nitrogens with one attached hydrogen (secondary N) is 2. The summed E-state index contributed by atoms with van der Waals surface area (Å²) in [5.74, 6) is -1.10. The maximum atomic E-state index is 12.0. The molecule has 0 aliphatic heterocycles. The SMILES string of the molecule is Cc1cc(/C=N/NC(=O)Nc2ccc(Cl)cc2)c(C)n1-c1ccc(Cl)c(C(=O)O)c1. The van der Waals surface area contributed by atoms with Crippen LogP contribution in [0.5, 0.6) is 0 Å². The second-order valence-electron chi connectivity index (χ2n) is 6.46. The molecule has 0 bridgehead atoms. The van der Waals surface area contributed by atoms with Gasteiger partial charge >= 0.3 is 12.0 Å². The number of carboxylic acid groups (broad SMARTS) is 1. The molecule has 0 radical (unpaired) electrons. The van der Waals surface area contributed by atoms with Crippen molar-refractivity contribution in [3.63, 3.8) is 0 Å². The molecule has 30 heavy (non-hydrogen) atoms. The number of carbonyl (C=O) groups excluding carboxylic acids is 1. The van der Waals surface area contributed by atoms with Crippen LogP contribution in [0.2, 0.25) is 10.0 Å². The maximum Gasteiger partial charge on any atom is 0.339 e. The normalized spacial score (nSPS) is 10.9. The van der Waals surface area contributed by atoms with E-state index < -0.39 is 12.0 Å². The minimum Gasteiger partial charge on any atom is -0.478 e. The van der Waals surface area contributed by atoms with E-state index in [2.05, 4.69) is 15.8 Å². The van der Waals surface area contributed by atoms with Crippen molar-refractivity contribution in [2.24, 2.45) is 5.10 Å². The van der Waals surface area contributed by atoms with E-state index in [1.807, 2.05) is 24.5 Å². The first kappa shape index (κ1) is 21.4. The Bertz CT molecular complexity index is 1140. The molecular weight excluding hydrogens is 427 g/mol. The molecule has 1 aromatic heterocycles. The number of carbonyl (C=O) groups is 2. The largest absolute Gasteiger partial charge is 0.478 e. The summed E-state index contributed by atoms with van der Waals surface area (Å²) in [6.45, 7) is 3.76. The van der Waals surface area contributed by atoms with Crippen molar-refractivity contribution in [2.45, 2.75) is 13.8 Å². The number of anilines is 1. The first-order valence-electron chi connectivity index (χ1n) is 8.84. The monoisotopic (exact) mass is 444 g/mol. The van der Waals surface area contributed by atoms with Gasteiger partial charge in [0.05, 0.1) is 16.8 Å². The molecule has 0 saturated heterocycles. The van der Waals surface area contributed by atoms with E-state index in [0.29, 0.717) is 16.4 Å². The fourth-order valence-electron chi connectivity index (χ4n) is 2.98. The highest BCUT2D eigenvalue weighted by Gasteiger charge is 2.14. The molecule has 1 heterocycles. The summed E-state index contributed by atoms with van der Waals surface area (Å²) in [6, 6.07) is 12.9. The van der Waals surface area contributed by atoms with Gasteiger partial charge in [-0.25, -0.2) is 15.0 Å². The predicted molar refractivity (Wildman–Crippen MR) is 118 cm³/mol. The van der Waals surface area contributed by atoms with E-state index >= 15 is 0 Å². The number of nitrogens with zero attached hydrogens (tertiary/aromatic N) is 2. The molecular formula is C21H18Cl2N4O3. The average molecular weight is 445 g/mol. The highest BCUT2D eigenvalue weighted by atomic mass is 35.5. The zero-order valence-corrected chi connectivity index (χ0v) is 17.6. The summed E-state index contributed by atoms with van der Waals surface area (Å²) in [5, 5.41) is 16.7. The molecule has 0 atom stereocenters. The van der Waals surface area contributed by atoms with Crippen molar-refractivity contribution in [1.82, 2.24) is 9.99 Å². The molecule has 3 aromatic rings. The molecule has 3 N–H and O–H groups in total. The number of rotatable bonds is 5. The molecule has 0 unspecified atom stereocenters. The Morgan fingerprint density at radius 3 is 2.43 bits per heavy atom. The Balaban J connectivity index is 1.75. The number of halogens is 2. The number of hydrogen-bond donors (Lipinski definition) is 3. The molecule has 9 heteroatoms. The van der Waals surface area contributed by atoms with Crippen molar-refractivity contribution in [3.8, 4) is 5.69 Å². The van der Waals surface area contributed by atoms with Gasteiger partial charge in [-0.05, 0) is 62.4 Å². The van der Waals surface area contributed by atoms with Crippen LogP contribution in [0.15, 0.2) is 53.6 Å². The van der Waals surface area contributed by atoms with E-state index in [-0.39, 0.29) is 10.6 Å². The van der Waals surface area contributed by atoms with Gasteiger partial charge in [-0.2, -0.15) is 5.10 Å². The first-order valence-corrected chi connectivity index (χ1v) is 9.59. The zero-order valence-electron chi connectivity index (χ0n) is 16.1. The lowest BCUT2D eigenvalue weighted by molar-refractivity contribution is 0.0697. The summed E-state index contributed by atoms with van der Waals surface area (Å²) in [5.41, 5.74) is 6.15. The minimum atomic E-state index is -1.10. The molecule has 2 aromatic carbocycles. The van der Waals surface area contributed by atoms with Crippen LogP contribution in [-0.4, -0.2) is 27.9 Å². The van der Waals surface area contributed by atoms with Crippen molar-refractivity contribution >= 4 is 47.1 Å². The lowest BCUT2D eigenvalue weighted by Gasteiger charge is -2.11. The van der Waals surface area contributed by atoms with Gasteiger partial charge in [0.2, 0.25) is 0 Å². The van der Waals surface area contributed by atoms with E-state index in [0.717, 1.165) is 17.0 Å². The smallest absolute Gasteiger partial charge is 0.339 e. The summed E-state index contributed by atoms with van der Waals surface area (Å²) < 4.78 is 1.89. The van der Waals surface area contributed by atoms with Gasteiger partial charge in [-0.1, -0.05) is 23.2 Å². The lowest BCUT2D eigenvalue weighted by Crippen LogP contribution is -2.24. The minimum absolute atomic E-state index is 0.0254. The van der Waals surface area contributed by atoms with Gasteiger partial charge in [0, 0.05) is 33.3 Å². The number of benzene rings is 2. The lowest BCUT2D eigenvalue weighted by atomic mass is 10.2. The van der Waals surface area contributed by atoms with Gasteiger partial charge in [0.25, 0.3) is 0 Å². The number of aryl methyl sites for hydroxylation is 1. The number of amides is 2. The molecule has 0 saturated carbocycles. The van der Waals surface area contributed by atoms with Crippen molar-refractivity contribution in [2.75, 3.05) is 5.32 Å². The molecule has 0 spiro atoms. The summed E-state index contributed by atoms with van der Waals surface area (Å²) >= 11 is 11.8. The van der Waals surface area contributed by atoms with E-state index in [9.17, 15) is 14.7 Å². The number of hydrazone groups is 1. The quantitative estimate of drug-likeness (QED) is 0.370. The van der Waals surface area contributed by atoms with E-state index in [1.165, 1.54) is 12.3 Å². The summed E-state index contributed by atoms with van der Waals surface area (Å²) in [6.07, 6.45) is 1.52. The predicted octanol–water partition coefficient (Wildman–Crippen LogP) is 5.25. The van der Waals surface area contributed by atoms with Crippen molar-refractivity contribution < 1.29 is 14.7 Å². The van der Waals surface area contributed by atoms with Crippen LogP contribution in [0.25, 0.3) is 5.69 Å². The fourth-order valence-corrected chi connectivity index (χ4v) is 3.31. The third-order valence-corrected chi connectivity index (χ3v) is 4.96. The van der Waals surface area contributed by atoms with Crippen molar-refractivity contribution in [3.05, 3.63) is 81.1 Å². The van der Waals surface area contributed by atoms with Crippen LogP contribution in [0.3, 0.4) is 0 Å². The first-order chi connectivity index (χ1) is 14.3. The van der Waals surface area contributed by atoms with Crippen LogP contribution < -0.4 is 10.7 Å². The fraction of sp³-hybridized carbons (Fsp3) is 0.0952. The Morgan fingerprint density at radius 1 is 1.07 bits per heavy atom. The number of urea groups is 1.